The predicted molar refractivity (Wildman–Crippen MR) is 74.4 cm³/mol. The number of ether oxygens (including phenoxy) is 1. The van der Waals surface area contributed by atoms with Crippen molar-refractivity contribution in [1.82, 2.24) is 0 Å². The van der Waals surface area contributed by atoms with Crippen molar-refractivity contribution >= 4 is 0 Å². The van der Waals surface area contributed by atoms with Crippen LogP contribution < -0.4 is 5.73 Å². The summed E-state index contributed by atoms with van der Waals surface area (Å²) in [6.45, 7) is 3.34. The molecule has 1 spiro atoms. The highest BCUT2D eigenvalue weighted by Gasteiger charge is 2.47. The molecule has 1 heterocycles. The molecule has 3 atom stereocenters. The van der Waals surface area contributed by atoms with Crippen LogP contribution >= 0.6 is 0 Å². The van der Waals surface area contributed by atoms with Gasteiger partial charge in [0.2, 0.25) is 0 Å². The van der Waals surface area contributed by atoms with Crippen molar-refractivity contribution in [2.45, 2.75) is 82.3 Å². The highest BCUT2D eigenvalue weighted by molar-refractivity contribution is 5.01. The molecule has 104 valence electrons. The van der Waals surface area contributed by atoms with Crippen LogP contribution in [0, 0.1) is 11.8 Å². The quantitative estimate of drug-likeness (QED) is 0.772. The normalized spacial score (nSPS) is 44.3. The van der Waals surface area contributed by atoms with Crippen LogP contribution in [0.2, 0.25) is 0 Å². The summed E-state index contributed by atoms with van der Waals surface area (Å²) in [4.78, 5) is 0. The lowest BCUT2D eigenvalue weighted by Crippen LogP contribution is -2.55. The van der Waals surface area contributed by atoms with Crippen LogP contribution in [0.4, 0.5) is 0 Å². The molecule has 3 fully saturated rings. The molecule has 2 aliphatic carbocycles. The van der Waals surface area contributed by atoms with Crippen LogP contribution in [0.3, 0.4) is 0 Å². The number of rotatable bonds is 1. The first-order valence-corrected chi connectivity index (χ1v) is 8.05. The lowest BCUT2D eigenvalue weighted by atomic mass is 9.65. The largest absolute Gasteiger partial charge is 0.375 e. The molecule has 1 aliphatic heterocycles. The van der Waals surface area contributed by atoms with Crippen LogP contribution in [0.1, 0.15) is 71.1 Å². The fourth-order valence-electron chi connectivity index (χ4n) is 4.89. The molecular weight excluding hydrogens is 222 g/mol. The number of nitrogens with two attached hydrogens (primary N) is 1. The second kappa shape index (κ2) is 4.79. The minimum atomic E-state index is 0.122. The van der Waals surface area contributed by atoms with E-state index in [9.17, 15) is 0 Å². The van der Waals surface area contributed by atoms with Gasteiger partial charge in [-0.3, -0.25) is 0 Å². The van der Waals surface area contributed by atoms with E-state index in [0.29, 0.717) is 5.92 Å². The third-order valence-electron chi connectivity index (χ3n) is 5.89. The molecule has 3 aliphatic rings. The maximum absolute atomic E-state index is 6.82. The zero-order valence-corrected chi connectivity index (χ0v) is 11.9. The van der Waals surface area contributed by atoms with Crippen molar-refractivity contribution in [3.05, 3.63) is 0 Å². The van der Waals surface area contributed by atoms with Crippen LogP contribution in [0.25, 0.3) is 0 Å². The van der Waals surface area contributed by atoms with E-state index in [-0.39, 0.29) is 11.1 Å². The molecule has 18 heavy (non-hydrogen) atoms. The first kappa shape index (κ1) is 12.9. The second-order valence-corrected chi connectivity index (χ2v) is 7.36. The standard InChI is InChI=1S/C16H29NO/c1-13-5-4-9-16(17,11-13)14-6-10-18-15(12-14)7-2-3-8-15/h13-14H,2-12,17H2,1H3. The Morgan fingerprint density at radius 1 is 1.00 bits per heavy atom. The molecule has 0 aromatic rings. The van der Waals surface area contributed by atoms with E-state index in [1.807, 2.05) is 0 Å². The number of hydrogen-bond donors (Lipinski definition) is 1. The highest BCUT2D eigenvalue weighted by atomic mass is 16.5. The van der Waals surface area contributed by atoms with Gasteiger partial charge >= 0.3 is 0 Å². The maximum atomic E-state index is 6.82. The molecule has 2 nitrogen and oxygen atoms in total. The summed E-state index contributed by atoms with van der Waals surface area (Å²) < 4.78 is 6.16. The van der Waals surface area contributed by atoms with Crippen molar-refractivity contribution in [2.24, 2.45) is 17.6 Å². The first-order valence-electron chi connectivity index (χ1n) is 8.05. The van der Waals surface area contributed by atoms with E-state index < -0.39 is 0 Å². The molecule has 0 radical (unpaired) electrons. The molecule has 0 bridgehead atoms. The molecule has 2 saturated carbocycles. The monoisotopic (exact) mass is 251 g/mol. The van der Waals surface area contributed by atoms with Gasteiger partial charge in [-0.1, -0.05) is 32.6 Å². The van der Waals surface area contributed by atoms with Crippen LogP contribution in [-0.2, 0) is 4.74 Å². The first-order chi connectivity index (χ1) is 8.62. The Kier molecular flexibility index (Phi) is 3.44. The van der Waals surface area contributed by atoms with Crippen LogP contribution in [0.15, 0.2) is 0 Å². The summed E-state index contributed by atoms with van der Waals surface area (Å²) in [5, 5.41) is 0. The highest BCUT2D eigenvalue weighted by Crippen LogP contribution is 2.47. The zero-order valence-electron chi connectivity index (χ0n) is 11.9. The Morgan fingerprint density at radius 3 is 2.50 bits per heavy atom. The Labute approximate surface area is 112 Å². The summed E-state index contributed by atoms with van der Waals surface area (Å²) in [7, 11) is 0. The van der Waals surface area contributed by atoms with Crippen molar-refractivity contribution in [1.29, 1.82) is 0 Å². The minimum absolute atomic E-state index is 0.122. The third kappa shape index (κ3) is 2.34. The van der Waals surface area contributed by atoms with E-state index in [1.54, 1.807) is 0 Å². The SMILES string of the molecule is CC1CCCC(N)(C2CCOC3(CCCC3)C2)C1. The minimum Gasteiger partial charge on any atom is -0.375 e. The lowest BCUT2D eigenvalue weighted by molar-refractivity contribution is -0.109. The Bertz CT molecular complexity index is 297. The molecule has 0 aromatic carbocycles. The smallest absolute Gasteiger partial charge is 0.0685 e. The molecular formula is C16H29NO. The van der Waals surface area contributed by atoms with Gasteiger partial charge in [-0.2, -0.15) is 0 Å². The van der Waals surface area contributed by atoms with Gasteiger partial charge in [-0.15, -0.1) is 0 Å². The molecule has 0 aromatic heterocycles. The molecule has 3 rings (SSSR count). The van der Waals surface area contributed by atoms with E-state index in [0.717, 1.165) is 12.5 Å². The Balaban J connectivity index is 1.71. The molecule has 2 N–H and O–H groups in total. The zero-order chi connectivity index (χ0) is 12.6. The van der Waals surface area contributed by atoms with Crippen molar-refractivity contribution in [2.75, 3.05) is 6.61 Å². The van der Waals surface area contributed by atoms with Gasteiger partial charge in [0.15, 0.2) is 0 Å². The number of hydrogen-bond acceptors (Lipinski definition) is 2. The average Bonchev–Trinajstić information content (AvgIpc) is 2.77. The Hall–Kier alpha value is -0.0800. The van der Waals surface area contributed by atoms with E-state index in [2.05, 4.69) is 6.92 Å². The van der Waals surface area contributed by atoms with Crippen molar-refractivity contribution in [3.8, 4) is 0 Å². The fraction of sp³-hybridized carbons (Fsp3) is 1.00. The summed E-state index contributed by atoms with van der Waals surface area (Å²) in [5.41, 5.74) is 7.17. The summed E-state index contributed by atoms with van der Waals surface area (Å²) in [5.74, 6) is 1.54. The van der Waals surface area contributed by atoms with E-state index >= 15 is 0 Å². The van der Waals surface area contributed by atoms with Crippen molar-refractivity contribution in [3.63, 3.8) is 0 Å². The summed E-state index contributed by atoms with van der Waals surface area (Å²) >= 11 is 0. The second-order valence-electron chi connectivity index (χ2n) is 7.36. The van der Waals surface area contributed by atoms with Gasteiger partial charge in [-0.25, -0.2) is 0 Å². The summed E-state index contributed by atoms with van der Waals surface area (Å²) in [6, 6.07) is 0. The van der Waals surface area contributed by atoms with Gasteiger partial charge in [0.25, 0.3) is 0 Å². The van der Waals surface area contributed by atoms with E-state index in [1.165, 1.54) is 64.2 Å². The summed E-state index contributed by atoms with van der Waals surface area (Å²) in [6.07, 6.45) is 13.0. The van der Waals surface area contributed by atoms with Gasteiger partial charge in [-0.05, 0) is 50.4 Å². The van der Waals surface area contributed by atoms with Gasteiger partial charge in [0.05, 0.1) is 5.60 Å². The average molecular weight is 251 g/mol. The van der Waals surface area contributed by atoms with Crippen LogP contribution in [-0.4, -0.2) is 17.7 Å². The molecule has 2 heteroatoms. The Morgan fingerprint density at radius 2 is 1.78 bits per heavy atom. The van der Waals surface area contributed by atoms with Gasteiger partial charge in [0, 0.05) is 12.1 Å². The lowest BCUT2D eigenvalue weighted by Gasteiger charge is -2.49. The van der Waals surface area contributed by atoms with Gasteiger partial charge < -0.3 is 10.5 Å². The van der Waals surface area contributed by atoms with E-state index in [4.69, 9.17) is 10.5 Å². The van der Waals surface area contributed by atoms with Crippen LogP contribution in [0.5, 0.6) is 0 Å². The molecule has 3 unspecified atom stereocenters. The third-order valence-corrected chi connectivity index (χ3v) is 5.89. The fourth-order valence-corrected chi connectivity index (χ4v) is 4.89. The predicted octanol–water partition coefficient (Wildman–Crippen LogP) is 3.63. The topological polar surface area (TPSA) is 35.2 Å². The maximum Gasteiger partial charge on any atom is 0.0685 e. The van der Waals surface area contributed by atoms with Gasteiger partial charge in [0.1, 0.15) is 0 Å². The van der Waals surface area contributed by atoms with Crippen molar-refractivity contribution < 1.29 is 4.74 Å². The molecule has 1 saturated heterocycles. The molecule has 0 amide bonds.